The van der Waals surface area contributed by atoms with Gasteiger partial charge in [-0.3, -0.25) is 9.79 Å². The second-order valence-electron chi connectivity index (χ2n) is 9.70. The Kier molecular flexibility index (Phi) is 22.8. The fraction of sp³-hybridized carbons (Fsp3) is 0.800. The lowest BCUT2D eigenvalue weighted by atomic mass is 10.0. The van der Waals surface area contributed by atoms with Gasteiger partial charge in [0.05, 0.1) is 5.84 Å². The lowest BCUT2D eigenvalue weighted by Gasteiger charge is -2.09. The van der Waals surface area contributed by atoms with Crippen molar-refractivity contribution in [3.05, 3.63) is 23.4 Å². The van der Waals surface area contributed by atoms with Crippen LogP contribution >= 0.6 is 0 Å². The van der Waals surface area contributed by atoms with Crippen molar-refractivity contribution in [1.29, 1.82) is 0 Å². The number of nitrogens with zero attached hydrogens (tertiary/aromatic N) is 1. The van der Waals surface area contributed by atoms with Crippen LogP contribution in [-0.2, 0) is 4.79 Å². The highest BCUT2D eigenvalue weighted by atomic mass is 16.1. The summed E-state index contributed by atoms with van der Waals surface area (Å²) in [6.07, 6.45) is 28.9. The molecule has 0 aromatic carbocycles. The second-order valence-corrected chi connectivity index (χ2v) is 9.70. The van der Waals surface area contributed by atoms with Crippen molar-refractivity contribution in [2.24, 2.45) is 4.99 Å². The van der Waals surface area contributed by atoms with E-state index in [0.29, 0.717) is 0 Å². The molecule has 0 saturated carbocycles. The van der Waals surface area contributed by atoms with Gasteiger partial charge in [-0.2, -0.15) is 0 Å². The molecule has 0 fully saturated rings. The van der Waals surface area contributed by atoms with E-state index in [0.717, 1.165) is 30.1 Å². The molecule has 0 radical (unpaired) electrons. The minimum absolute atomic E-state index is 0.0781. The molecule has 0 aromatic rings. The summed E-state index contributed by atoms with van der Waals surface area (Å²) in [4.78, 5) is 16.3. The summed E-state index contributed by atoms with van der Waals surface area (Å²) < 4.78 is 0. The number of carbonyl (C=O) groups excluding carboxylic acids is 1. The van der Waals surface area contributed by atoms with Crippen LogP contribution in [0.4, 0.5) is 0 Å². The Morgan fingerprint density at radius 3 is 1.42 bits per heavy atom. The fourth-order valence-electron chi connectivity index (χ4n) is 4.31. The highest BCUT2D eigenvalue weighted by Crippen LogP contribution is 2.14. The summed E-state index contributed by atoms with van der Waals surface area (Å²) in [6.45, 7) is 10.6. The first-order valence-electron chi connectivity index (χ1n) is 14.2. The zero-order valence-electron chi connectivity index (χ0n) is 22.9. The van der Waals surface area contributed by atoms with E-state index < -0.39 is 0 Å². The van der Waals surface area contributed by atoms with Crippen molar-refractivity contribution in [3.8, 4) is 0 Å². The van der Waals surface area contributed by atoms with E-state index in [1.165, 1.54) is 109 Å². The van der Waals surface area contributed by atoms with E-state index in [-0.39, 0.29) is 5.78 Å². The van der Waals surface area contributed by atoms with Crippen molar-refractivity contribution < 1.29 is 4.79 Å². The minimum Gasteiger partial charge on any atom is -0.347 e. The Morgan fingerprint density at radius 2 is 1.06 bits per heavy atom. The first-order valence-corrected chi connectivity index (χ1v) is 14.2. The van der Waals surface area contributed by atoms with Gasteiger partial charge in [0.15, 0.2) is 5.78 Å². The van der Waals surface area contributed by atoms with E-state index in [9.17, 15) is 4.79 Å². The Labute approximate surface area is 207 Å². The van der Waals surface area contributed by atoms with Gasteiger partial charge < -0.3 is 5.32 Å². The molecule has 0 saturated heterocycles. The molecular formula is C30H56N2O. The smallest absolute Gasteiger partial charge is 0.161 e. The Bertz CT molecular complexity index is 560. The molecule has 33 heavy (non-hydrogen) atoms. The number of ketones is 1. The predicted octanol–water partition coefficient (Wildman–Crippen LogP) is 9.48. The van der Waals surface area contributed by atoms with Crippen LogP contribution in [-0.4, -0.2) is 18.2 Å². The van der Waals surface area contributed by atoms with E-state index in [4.69, 9.17) is 0 Å². The molecule has 0 amide bonds. The third-order valence-electron chi connectivity index (χ3n) is 6.35. The molecule has 192 valence electrons. The molecule has 0 aliphatic heterocycles. The van der Waals surface area contributed by atoms with Gasteiger partial charge in [0.1, 0.15) is 0 Å². The van der Waals surface area contributed by atoms with Crippen LogP contribution in [0, 0.1) is 0 Å². The molecule has 3 heteroatoms. The van der Waals surface area contributed by atoms with E-state index in [2.05, 4.69) is 17.2 Å². The molecule has 0 heterocycles. The molecular weight excluding hydrogens is 404 g/mol. The van der Waals surface area contributed by atoms with Crippen LogP contribution < -0.4 is 5.32 Å². The maximum absolute atomic E-state index is 11.7. The normalized spacial score (nSPS) is 12.9. The van der Waals surface area contributed by atoms with Crippen molar-refractivity contribution in [3.63, 3.8) is 0 Å². The van der Waals surface area contributed by atoms with Gasteiger partial charge in [-0.15, -0.1) is 0 Å². The van der Waals surface area contributed by atoms with Crippen molar-refractivity contribution >= 4 is 11.6 Å². The minimum atomic E-state index is 0.0781. The quantitative estimate of drug-likeness (QED) is 0.0574. The zero-order chi connectivity index (χ0) is 24.6. The number of aliphatic imine (C=N–C) groups is 1. The van der Waals surface area contributed by atoms with Crippen LogP contribution in [0.3, 0.4) is 0 Å². The standard InChI is InChI=1S/C30H56N2O/c1-6-8-9-10-11-12-13-14-15-16-17-18-19-20-21-22-23-24-26-31-29(5)32-27(3)30(25-7-2)28(4)33/h7,25H,6,8-24,26H2,1-5H3,(H,31,32)/b25-7-,30-27-. The molecule has 3 nitrogen and oxygen atoms in total. The first-order chi connectivity index (χ1) is 16.0. The molecule has 0 unspecified atom stereocenters. The Balaban J connectivity index is 3.52. The number of hydrogen-bond acceptors (Lipinski definition) is 2. The van der Waals surface area contributed by atoms with Crippen LogP contribution in [0.15, 0.2) is 28.4 Å². The van der Waals surface area contributed by atoms with E-state index in [1.54, 1.807) is 6.92 Å². The number of carbonyl (C=O) groups is 1. The number of allylic oxidation sites excluding steroid dienone is 4. The van der Waals surface area contributed by atoms with E-state index in [1.807, 2.05) is 32.9 Å². The number of unbranched alkanes of at least 4 members (excludes halogenated alkanes) is 17. The molecule has 0 rings (SSSR count). The third-order valence-corrected chi connectivity index (χ3v) is 6.35. The SMILES string of the molecule is C/C=C\C(C(C)=O)=C(/C)NC(C)=NCCCCCCCCCCCCCCCCCCCC. The lowest BCUT2D eigenvalue weighted by molar-refractivity contribution is -0.113. The van der Waals surface area contributed by atoms with Gasteiger partial charge in [-0.05, 0) is 34.1 Å². The summed E-state index contributed by atoms with van der Waals surface area (Å²) in [6, 6.07) is 0. The maximum atomic E-state index is 11.7. The monoisotopic (exact) mass is 460 g/mol. The second kappa shape index (κ2) is 23.8. The average Bonchev–Trinajstić information content (AvgIpc) is 2.78. The molecule has 0 bridgehead atoms. The average molecular weight is 461 g/mol. The highest BCUT2D eigenvalue weighted by Gasteiger charge is 2.05. The largest absolute Gasteiger partial charge is 0.347 e. The molecule has 0 aliphatic rings. The number of nitrogens with one attached hydrogen (secondary N) is 1. The highest BCUT2D eigenvalue weighted by molar-refractivity contribution is 5.97. The third kappa shape index (κ3) is 20.9. The molecule has 0 aliphatic carbocycles. The number of Topliss-reactive ketones (excluding diaryl/α,β-unsaturated/α-hetero) is 1. The maximum Gasteiger partial charge on any atom is 0.161 e. The Morgan fingerprint density at radius 1 is 0.667 bits per heavy atom. The van der Waals surface area contributed by atoms with Gasteiger partial charge in [0.2, 0.25) is 0 Å². The van der Waals surface area contributed by atoms with Crippen molar-refractivity contribution in [2.45, 2.75) is 150 Å². The number of amidine groups is 1. The number of rotatable bonds is 22. The van der Waals surface area contributed by atoms with Gasteiger partial charge in [-0.1, -0.05) is 128 Å². The molecule has 0 atom stereocenters. The van der Waals surface area contributed by atoms with Crippen molar-refractivity contribution in [2.75, 3.05) is 6.54 Å². The predicted molar refractivity (Wildman–Crippen MR) is 148 cm³/mol. The van der Waals surface area contributed by atoms with E-state index >= 15 is 0 Å². The Hall–Kier alpha value is -1.38. The number of hydrogen-bond donors (Lipinski definition) is 1. The molecule has 0 aromatic heterocycles. The van der Waals surface area contributed by atoms with Gasteiger partial charge >= 0.3 is 0 Å². The zero-order valence-corrected chi connectivity index (χ0v) is 22.9. The topological polar surface area (TPSA) is 41.5 Å². The summed E-state index contributed by atoms with van der Waals surface area (Å²) in [7, 11) is 0. The lowest BCUT2D eigenvalue weighted by Crippen LogP contribution is -2.21. The molecule has 0 spiro atoms. The van der Waals surface area contributed by atoms with Crippen LogP contribution in [0.5, 0.6) is 0 Å². The van der Waals surface area contributed by atoms with Crippen LogP contribution in [0.1, 0.15) is 150 Å². The summed E-state index contributed by atoms with van der Waals surface area (Å²) in [5.74, 6) is 0.970. The summed E-state index contributed by atoms with van der Waals surface area (Å²) in [5.41, 5.74) is 1.60. The van der Waals surface area contributed by atoms with Gasteiger partial charge in [-0.25, -0.2) is 0 Å². The van der Waals surface area contributed by atoms with Gasteiger partial charge in [0.25, 0.3) is 0 Å². The van der Waals surface area contributed by atoms with Crippen LogP contribution in [0.2, 0.25) is 0 Å². The van der Waals surface area contributed by atoms with Crippen LogP contribution in [0.25, 0.3) is 0 Å². The summed E-state index contributed by atoms with van der Waals surface area (Å²) >= 11 is 0. The van der Waals surface area contributed by atoms with Crippen molar-refractivity contribution in [1.82, 2.24) is 5.32 Å². The van der Waals surface area contributed by atoms with Gasteiger partial charge in [0, 0.05) is 17.8 Å². The first kappa shape index (κ1) is 31.6. The summed E-state index contributed by atoms with van der Waals surface area (Å²) in [5, 5.41) is 3.26. The molecule has 1 N–H and O–H groups in total. The fourth-order valence-corrected chi connectivity index (χ4v) is 4.31.